The third kappa shape index (κ3) is 15.5. The zero-order valence-electron chi connectivity index (χ0n) is 41.7. The quantitative estimate of drug-likeness (QED) is 0.0475. The van der Waals surface area contributed by atoms with Gasteiger partial charge in [-0.3, -0.25) is 19.3 Å². The van der Waals surface area contributed by atoms with Gasteiger partial charge in [-0.25, -0.2) is 13.4 Å². The summed E-state index contributed by atoms with van der Waals surface area (Å²) in [4.78, 5) is 36.0. The molecule has 1 saturated heterocycles. The molecule has 0 bridgehead atoms. The van der Waals surface area contributed by atoms with E-state index in [1.807, 2.05) is 11.0 Å². The molecule has 400 valence electrons. The predicted molar refractivity (Wildman–Crippen MR) is 278 cm³/mol. The number of carbonyl (C=O) groups excluding carboxylic acids is 2. The van der Waals surface area contributed by atoms with Gasteiger partial charge in [0.15, 0.2) is 0 Å². The van der Waals surface area contributed by atoms with Crippen LogP contribution in [0.4, 0.5) is 18.3 Å². The van der Waals surface area contributed by atoms with Crippen LogP contribution in [0, 0.1) is 23.2 Å². The molecule has 3 aliphatic rings. The molecule has 5 N–H and O–H groups in total. The first-order valence-corrected chi connectivity index (χ1v) is 28.0. The van der Waals surface area contributed by atoms with E-state index in [-0.39, 0.29) is 69.6 Å². The summed E-state index contributed by atoms with van der Waals surface area (Å²) in [6.07, 6.45) is 10.8. The van der Waals surface area contributed by atoms with E-state index in [0.717, 1.165) is 94.3 Å². The van der Waals surface area contributed by atoms with Gasteiger partial charge in [0.05, 0.1) is 34.8 Å². The van der Waals surface area contributed by atoms with Crippen LogP contribution in [0.5, 0.6) is 11.5 Å². The monoisotopic (exact) mass is 1070 g/mol. The number of nitriles is 1. The highest BCUT2D eigenvalue weighted by Crippen LogP contribution is 2.40. The number of pyridine rings is 1. The number of carbonyl (C=O) groups is 2. The summed E-state index contributed by atoms with van der Waals surface area (Å²) < 4.78 is 93.5. The number of anilines is 1. The summed E-state index contributed by atoms with van der Waals surface area (Å²) in [6, 6.07) is 18.3. The first-order valence-electron chi connectivity index (χ1n) is 25.7. The molecule has 16 nitrogen and oxygen atoms in total. The minimum absolute atomic E-state index is 0.0342. The molecule has 8 rings (SSSR count). The van der Waals surface area contributed by atoms with Crippen molar-refractivity contribution in [3.05, 3.63) is 102 Å². The molecule has 0 spiro atoms. The Morgan fingerprint density at radius 1 is 0.840 bits per heavy atom. The predicted octanol–water partition coefficient (Wildman–Crippen LogP) is 9.23. The van der Waals surface area contributed by atoms with Gasteiger partial charge < -0.3 is 35.5 Å². The zero-order valence-corrected chi connectivity index (χ0v) is 43.4. The number of benzene rings is 3. The maximum Gasteiger partial charge on any atom is 0.416 e. The molecule has 2 aromatic heterocycles. The first-order chi connectivity index (χ1) is 36.2. The first kappa shape index (κ1) is 55.2. The summed E-state index contributed by atoms with van der Waals surface area (Å²) >= 11 is 0.854. The number of nitrogens with zero attached hydrogens (tertiary/aromatic N) is 5. The van der Waals surface area contributed by atoms with E-state index in [1.54, 1.807) is 48.8 Å². The molecule has 1 aliphatic heterocycles. The molecule has 0 unspecified atom stereocenters. The number of rotatable bonds is 22. The molecule has 5 aromatic rings. The smallest absolute Gasteiger partial charge is 0.416 e. The maximum atomic E-state index is 14.4. The minimum atomic E-state index is -4.61. The molecule has 3 heterocycles. The number of ether oxygens (including phenoxy) is 3. The standard InChI is InChI=1S/C54H64F3N9O7S2/c55-54(56,57)43-29-37(28-41(30-43)40-5-13-50(48(32-40)38-16-22-60-23-17-38)73-49-14-12-47(31-42(49)33-59)75(69,70)65-53-62-35-63-74-53)34-61-21-15-36-18-24-66(25-19-36)52(68)39-3-6-44(7-4-39)64-51(67)2-1-26-71-45-8-10-46(11-9-45)72-27-20-58/h5,12-14,16-17,22-23,28-32,35-36,39,44-46,61H,1-4,6-11,15,18-21,24-27,34,58H2,(H,64,67)(H,62,63,65). The fourth-order valence-electron chi connectivity index (χ4n) is 10.1. The van der Waals surface area contributed by atoms with Crippen LogP contribution < -0.4 is 25.8 Å². The van der Waals surface area contributed by atoms with Crippen LogP contribution in [-0.2, 0) is 41.8 Å². The van der Waals surface area contributed by atoms with Crippen molar-refractivity contribution >= 4 is 38.5 Å². The molecular weight excluding hydrogens is 1010 g/mol. The van der Waals surface area contributed by atoms with Crippen molar-refractivity contribution in [2.45, 2.75) is 119 Å². The van der Waals surface area contributed by atoms with Crippen LogP contribution in [0.3, 0.4) is 0 Å². The lowest BCUT2D eigenvalue weighted by Gasteiger charge is -2.36. The van der Waals surface area contributed by atoms with Gasteiger partial charge in [-0.1, -0.05) is 6.07 Å². The largest absolute Gasteiger partial charge is 0.455 e. The van der Waals surface area contributed by atoms with E-state index in [9.17, 15) is 36.4 Å². The second-order valence-electron chi connectivity index (χ2n) is 19.5. The van der Waals surface area contributed by atoms with Crippen molar-refractivity contribution in [1.29, 1.82) is 5.26 Å². The van der Waals surface area contributed by atoms with Crippen molar-refractivity contribution in [1.82, 2.24) is 29.9 Å². The molecule has 75 heavy (non-hydrogen) atoms. The second kappa shape index (κ2) is 26.2. The fraction of sp³-hybridized carbons (Fsp3) is 0.481. The number of aromatic nitrogens is 3. The van der Waals surface area contributed by atoms with Gasteiger partial charge in [-0.2, -0.15) is 22.8 Å². The van der Waals surface area contributed by atoms with Crippen LogP contribution in [0.25, 0.3) is 22.3 Å². The van der Waals surface area contributed by atoms with E-state index < -0.39 is 21.8 Å². The van der Waals surface area contributed by atoms with Gasteiger partial charge in [-0.05, 0) is 172 Å². The van der Waals surface area contributed by atoms with Crippen molar-refractivity contribution in [2.75, 3.05) is 44.1 Å². The summed E-state index contributed by atoms with van der Waals surface area (Å²) in [5.74, 6) is 0.887. The third-order valence-corrected chi connectivity index (χ3v) is 16.3. The molecule has 3 aromatic carbocycles. The Morgan fingerprint density at radius 3 is 2.24 bits per heavy atom. The van der Waals surface area contributed by atoms with Crippen LogP contribution in [0.2, 0.25) is 0 Å². The van der Waals surface area contributed by atoms with E-state index in [4.69, 9.17) is 19.9 Å². The van der Waals surface area contributed by atoms with Crippen LogP contribution in [-0.4, -0.2) is 97.1 Å². The van der Waals surface area contributed by atoms with Crippen LogP contribution >= 0.6 is 11.5 Å². The van der Waals surface area contributed by atoms with E-state index in [2.05, 4.69) is 29.7 Å². The summed E-state index contributed by atoms with van der Waals surface area (Å²) in [7, 11) is -4.11. The Balaban J connectivity index is 0.801. The average Bonchev–Trinajstić information content (AvgIpc) is 3.93. The van der Waals surface area contributed by atoms with Crippen molar-refractivity contribution in [2.24, 2.45) is 17.6 Å². The van der Waals surface area contributed by atoms with Crippen LogP contribution in [0.1, 0.15) is 100 Å². The topological polar surface area (TPSA) is 224 Å². The van der Waals surface area contributed by atoms with E-state index in [0.29, 0.717) is 86.0 Å². The van der Waals surface area contributed by atoms with Gasteiger partial charge in [0.25, 0.3) is 10.0 Å². The number of halogens is 3. The summed E-state index contributed by atoms with van der Waals surface area (Å²) in [5.41, 5.74) is 7.10. The molecular formula is C54H64F3N9O7S2. The Hall–Kier alpha value is -6.02. The molecule has 21 heteroatoms. The number of sulfonamides is 1. The van der Waals surface area contributed by atoms with Gasteiger partial charge in [-0.15, -0.1) is 0 Å². The molecule has 0 atom stereocenters. The third-order valence-electron chi connectivity index (χ3n) is 14.2. The maximum absolute atomic E-state index is 14.4. The Morgan fingerprint density at radius 2 is 1.56 bits per heavy atom. The van der Waals surface area contributed by atoms with E-state index in [1.165, 1.54) is 24.5 Å². The molecule has 2 amide bonds. The Bertz CT molecular complexity index is 2830. The van der Waals surface area contributed by atoms with Gasteiger partial charge in [0, 0.05) is 80.7 Å². The number of hydrogen-bond acceptors (Lipinski definition) is 14. The lowest BCUT2D eigenvalue weighted by Crippen LogP contribution is -2.45. The van der Waals surface area contributed by atoms with Crippen molar-refractivity contribution in [3.8, 4) is 39.8 Å². The van der Waals surface area contributed by atoms with Gasteiger partial charge in [0.1, 0.15) is 23.9 Å². The fourth-order valence-corrected chi connectivity index (χ4v) is 11.8. The Labute approximate surface area is 440 Å². The number of amides is 2. The number of nitrogens with two attached hydrogens (primary N) is 1. The van der Waals surface area contributed by atoms with Crippen molar-refractivity contribution < 1.29 is 45.4 Å². The van der Waals surface area contributed by atoms with Crippen LogP contribution in [0.15, 0.2) is 90.3 Å². The molecule has 0 radical (unpaired) electrons. The van der Waals surface area contributed by atoms with Gasteiger partial charge in [0.2, 0.25) is 16.9 Å². The number of likely N-dealkylation sites (tertiary alicyclic amines) is 1. The summed E-state index contributed by atoms with van der Waals surface area (Å²) in [6.45, 7) is 3.84. The SMILES string of the molecule is N#Cc1cc(S(=O)(=O)Nc2ncns2)ccc1Oc1ccc(-c2cc(CNCCC3CCN(C(=O)C4CCC(NC(=O)CCCOC5CCC(OCCN)CC5)CC4)CC3)cc(C(F)(F)F)c2)cc1-c1ccncc1. The second-order valence-corrected chi connectivity index (χ2v) is 21.9. The van der Waals surface area contributed by atoms with E-state index >= 15 is 0 Å². The number of nitrogens with one attached hydrogen (secondary N) is 3. The normalized spacial score (nSPS) is 19.5. The molecule has 3 fully saturated rings. The zero-order chi connectivity index (χ0) is 52.8. The Kier molecular flexibility index (Phi) is 19.3. The number of alkyl halides is 3. The number of hydrogen-bond donors (Lipinski definition) is 4. The molecule has 2 saturated carbocycles. The minimum Gasteiger partial charge on any atom is -0.455 e. The lowest BCUT2D eigenvalue weighted by atomic mass is 9.84. The van der Waals surface area contributed by atoms with Gasteiger partial charge >= 0.3 is 6.18 Å². The highest BCUT2D eigenvalue weighted by molar-refractivity contribution is 7.93. The highest BCUT2D eigenvalue weighted by Gasteiger charge is 2.33. The number of piperidine rings is 1. The average molecular weight is 1070 g/mol. The summed E-state index contributed by atoms with van der Waals surface area (Å²) in [5, 5.41) is 16.6. The van der Waals surface area contributed by atoms with Crippen molar-refractivity contribution in [3.63, 3.8) is 0 Å². The molecule has 2 aliphatic carbocycles. The highest BCUT2D eigenvalue weighted by atomic mass is 32.2. The lowest BCUT2D eigenvalue weighted by molar-refractivity contribution is -0.138.